The van der Waals surface area contributed by atoms with Crippen molar-refractivity contribution in [2.75, 3.05) is 6.61 Å². The van der Waals surface area contributed by atoms with Gasteiger partial charge in [-0.2, -0.15) is 0 Å². The van der Waals surface area contributed by atoms with E-state index in [1.54, 1.807) is 0 Å². The zero-order valence-corrected chi connectivity index (χ0v) is 8.53. The number of fused-ring (bicyclic) bond motifs is 1. The van der Waals surface area contributed by atoms with Crippen LogP contribution in [0.4, 0.5) is 0 Å². The summed E-state index contributed by atoms with van der Waals surface area (Å²) in [7, 11) is 0. The molecule has 0 aromatic heterocycles. The third-order valence-corrected chi connectivity index (χ3v) is 2.90. The molecule has 1 atom stereocenters. The summed E-state index contributed by atoms with van der Waals surface area (Å²) in [6.07, 6.45) is 4.26. The third-order valence-electron chi connectivity index (χ3n) is 2.90. The van der Waals surface area contributed by atoms with Gasteiger partial charge in [0, 0.05) is 12.5 Å². The highest BCUT2D eigenvalue weighted by Crippen LogP contribution is 2.30. The summed E-state index contributed by atoms with van der Waals surface area (Å²) < 4.78 is 0. The van der Waals surface area contributed by atoms with Crippen molar-refractivity contribution in [2.45, 2.75) is 19.8 Å². The number of aliphatic hydroxyl groups excluding tert-OH is 1. The Kier molecular flexibility index (Phi) is 2.69. The van der Waals surface area contributed by atoms with Gasteiger partial charge in [-0.25, -0.2) is 0 Å². The van der Waals surface area contributed by atoms with Gasteiger partial charge in [0.1, 0.15) is 0 Å². The van der Waals surface area contributed by atoms with Crippen LogP contribution in [0.3, 0.4) is 0 Å². The van der Waals surface area contributed by atoms with E-state index in [9.17, 15) is 5.11 Å². The van der Waals surface area contributed by atoms with E-state index >= 15 is 0 Å². The topological polar surface area (TPSA) is 20.2 Å². The lowest BCUT2D eigenvalue weighted by atomic mass is 9.84. The Morgan fingerprint density at radius 1 is 1.36 bits per heavy atom. The second-order valence-electron chi connectivity index (χ2n) is 3.85. The van der Waals surface area contributed by atoms with Crippen molar-refractivity contribution in [2.24, 2.45) is 5.92 Å². The molecule has 14 heavy (non-hydrogen) atoms. The monoisotopic (exact) mass is 188 g/mol. The molecule has 0 bridgehead atoms. The first-order valence-electron chi connectivity index (χ1n) is 5.25. The Bertz CT molecular complexity index is 352. The van der Waals surface area contributed by atoms with Crippen molar-refractivity contribution in [3.05, 3.63) is 41.5 Å². The molecular weight excluding hydrogens is 172 g/mol. The fourth-order valence-electron chi connectivity index (χ4n) is 2.15. The summed E-state index contributed by atoms with van der Waals surface area (Å²) in [6.45, 7) is 2.43. The van der Waals surface area contributed by atoms with Gasteiger partial charge in [0.2, 0.25) is 0 Å². The van der Waals surface area contributed by atoms with Gasteiger partial charge in [-0.1, -0.05) is 37.3 Å². The lowest BCUT2D eigenvalue weighted by Gasteiger charge is -2.22. The summed E-state index contributed by atoms with van der Waals surface area (Å²) in [5.74, 6) is 0.319. The highest BCUT2D eigenvalue weighted by Gasteiger charge is 2.16. The molecule has 1 aromatic carbocycles. The second kappa shape index (κ2) is 3.97. The molecule has 0 fully saturated rings. The van der Waals surface area contributed by atoms with E-state index in [4.69, 9.17) is 0 Å². The quantitative estimate of drug-likeness (QED) is 0.756. The van der Waals surface area contributed by atoms with E-state index in [-0.39, 0.29) is 6.61 Å². The minimum absolute atomic E-state index is 0.262. The molecule has 1 unspecified atom stereocenters. The SMILES string of the molecule is CCC1=CC(CO)Cc2ccccc21. The van der Waals surface area contributed by atoms with Crippen molar-refractivity contribution in [3.63, 3.8) is 0 Å². The fraction of sp³-hybridized carbons (Fsp3) is 0.385. The lowest BCUT2D eigenvalue weighted by molar-refractivity contribution is 0.251. The number of rotatable bonds is 2. The highest BCUT2D eigenvalue weighted by molar-refractivity contribution is 5.70. The Labute approximate surface area is 85.1 Å². The summed E-state index contributed by atoms with van der Waals surface area (Å²) in [5.41, 5.74) is 4.14. The van der Waals surface area contributed by atoms with Crippen LogP contribution in [0.2, 0.25) is 0 Å². The molecule has 0 amide bonds. The van der Waals surface area contributed by atoms with E-state index in [1.807, 2.05) is 0 Å². The summed E-state index contributed by atoms with van der Waals surface area (Å²) in [6, 6.07) is 8.51. The summed E-state index contributed by atoms with van der Waals surface area (Å²) >= 11 is 0. The Balaban J connectivity index is 2.42. The fourth-order valence-corrected chi connectivity index (χ4v) is 2.15. The van der Waals surface area contributed by atoms with Crippen molar-refractivity contribution >= 4 is 5.57 Å². The zero-order chi connectivity index (χ0) is 9.97. The number of hydrogen-bond acceptors (Lipinski definition) is 1. The molecule has 1 aliphatic rings. The maximum Gasteiger partial charge on any atom is 0.0497 e. The van der Waals surface area contributed by atoms with Gasteiger partial charge in [0.15, 0.2) is 0 Å². The predicted molar refractivity (Wildman–Crippen MR) is 59.0 cm³/mol. The molecule has 74 valence electrons. The van der Waals surface area contributed by atoms with Crippen LogP contribution in [0.25, 0.3) is 5.57 Å². The zero-order valence-electron chi connectivity index (χ0n) is 8.53. The van der Waals surface area contributed by atoms with Crippen LogP contribution in [-0.4, -0.2) is 11.7 Å². The van der Waals surface area contributed by atoms with Gasteiger partial charge in [-0.15, -0.1) is 0 Å². The third kappa shape index (κ3) is 1.60. The average molecular weight is 188 g/mol. The van der Waals surface area contributed by atoms with Crippen LogP contribution in [0.1, 0.15) is 24.5 Å². The maximum atomic E-state index is 9.19. The molecule has 1 heteroatoms. The van der Waals surface area contributed by atoms with Gasteiger partial charge >= 0.3 is 0 Å². The maximum absolute atomic E-state index is 9.19. The lowest BCUT2D eigenvalue weighted by Crippen LogP contribution is -2.13. The van der Waals surface area contributed by atoms with E-state index in [0.717, 1.165) is 12.8 Å². The van der Waals surface area contributed by atoms with Crippen molar-refractivity contribution in [3.8, 4) is 0 Å². The Hall–Kier alpha value is -1.08. The molecule has 1 aliphatic carbocycles. The van der Waals surface area contributed by atoms with Crippen LogP contribution in [0.15, 0.2) is 30.3 Å². The van der Waals surface area contributed by atoms with E-state index in [2.05, 4.69) is 37.3 Å². The van der Waals surface area contributed by atoms with Crippen molar-refractivity contribution in [1.29, 1.82) is 0 Å². The van der Waals surface area contributed by atoms with E-state index in [0.29, 0.717) is 5.92 Å². The molecule has 2 rings (SSSR count). The molecule has 1 nitrogen and oxygen atoms in total. The first kappa shape index (κ1) is 9.47. The van der Waals surface area contributed by atoms with Crippen LogP contribution >= 0.6 is 0 Å². The number of aliphatic hydroxyl groups is 1. The average Bonchev–Trinajstić information content (AvgIpc) is 2.27. The molecule has 1 N–H and O–H groups in total. The number of allylic oxidation sites excluding steroid dienone is 1. The molecular formula is C13H16O. The number of hydrogen-bond donors (Lipinski definition) is 1. The van der Waals surface area contributed by atoms with Gasteiger partial charge in [0.25, 0.3) is 0 Å². The standard InChI is InChI=1S/C13H16O/c1-2-11-7-10(9-14)8-12-5-3-4-6-13(11)12/h3-7,10,14H,2,8-9H2,1H3. The highest BCUT2D eigenvalue weighted by atomic mass is 16.3. The summed E-state index contributed by atoms with van der Waals surface area (Å²) in [5, 5.41) is 9.19. The molecule has 0 radical (unpaired) electrons. The van der Waals surface area contributed by atoms with Gasteiger partial charge in [-0.05, 0) is 29.5 Å². The number of benzene rings is 1. The normalized spacial score (nSPS) is 20.1. The summed E-state index contributed by atoms with van der Waals surface area (Å²) in [4.78, 5) is 0. The smallest absolute Gasteiger partial charge is 0.0497 e. The molecule has 0 saturated carbocycles. The van der Waals surface area contributed by atoms with Crippen molar-refractivity contribution in [1.82, 2.24) is 0 Å². The van der Waals surface area contributed by atoms with E-state index < -0.39 is 0 Å². The van der Waals surface area contributed by atoms with Crippen LogP contribution in [-0.2, 0) is 6.42 Å². The first-order chi connectivity index (χ1) is 6.85. The Morgan fingerprint density at radius 2 is 2.14 bits per heavy atom. The second-order valence-corrected chi connectivity index (χ2v) is 3.85. The van der Waals surface area contributed by atoms with Crippen LogP contribution < -0.4 is 0 Å². The largest absolute Gasteiger partial charge is 0.396 e. The van der Waals surface area contributed by atoms with Gasteiger partial charge < -0.3 is 5.11 Å². The molecule has 1 aromatic rings. The molecule has 0 spiro atoms. The van der Waals surface area contributed by atoms with Crippen LogP contribution in [0.5, 0.6) is 0 Å². The predicted octanol–water partition coefficient (Wildman–Crippen LogP) is 2.64. The molecule has 0 aliphatic heterocycles. The van der Waals surface area contributed by atoms with E-state index in [1.165, 1.54) is 16.7 Å². The first-order valence-corrected chi connectivity index (χ1v) is 5.25. The Morgan fingerprint density at radius 3 is 2.86 bits per heavy atom. The van der Waals surface area contributed by atoms with Gasteiger partial charge in [0.05, 0.1) is 0 Å². The van der Waals surface area contributed by atoms with Gasteiger partial charge in [-0.3, -0.25) is 0 Å². The minimum Gasteiger partial charge on any atom is -0.396 e. The van der Waals surface area contributed by atoms with Crippen LogP contribution in [0, 0.1) is 5.92 Å². The molecule has 0 saturated heterocycles. The minimum atomic E-state index is 0.262. The molecule has 0 heterocycles. The van der Waals surface area contributed by atoms with Crippen molar-refractivity contribution < 1.29 is 5.11 Å².